The van der Waals surface area contributed by atoms with Gasteiger partial charge < -0.3 is 19.5 Å². The first-order valence-corrected chi connectivity index (χ1v) is 8.20. The Morgan fingerprint density at radius 3 is 2.24 bits per heavy atom. The number of ether oxygens (including phenoxy) is 3. The van der Waals surface area contributed by atoms with E-state index in [-0.39, 0.29) is 11.8 Å². The molecule has 0 fully saturated rings. The van der Waals surface area contributed by atoms with Gasteiger partial charge in [0.2, 0.25) is 11.7 Å². The first-order chi connectivity index (χ1) is 12.0. The van der Waals surface area contributed by atoms with Gasteiger partial charge in [0.1, 0.15) is 0 Å². The van der Waals surface area contributed by atoms with Crippen LogP contribution in [0.3, 0.4) is 0 Å². The Labute approximate surface area is 147 Å². The number of carbonyl (C=O) groups excluding carboxylic acids is 1. The predicted octanol–water partition coefficient (Wildman–Crippen LogP) is 3.80. The fraction of sp³-hybridized carbons (Fsp3) is 0.350. The molecule has 2 aromatic rings. The first kappa shape index (κ1) is 17.1. The van der Waals surface area contributed by atoms with Crippen LogP contribution >= 0.6 is 0 Å². The lowest BCUT2D eigenvalue weighted by Crippen LogP contribution is -2.24. The van der Waals surface area contributed by atoms with Crippen molar-refractivity contribution in [2.24, 2.45) is 0 Å². The molecule has 0 aliphatic carbocycles. The van der Waals surface area contributed by atoms with E-state index in [1.807, 2.05) is 25.1 Å². The van der Waals surface area contributed by atoms with Gasteiger partial charge in [-0.3, -0.25) is 4.79 Å². The van der Waals surface area contributed by atoms with Crippen molar-refractivity contribution < 1.29 is 19.0 Å². The molecular formula is C20H23NO4. The molecule has 25 heavy (non-hydrogen) atoms. The topological polar surface area (TPSA) is 56.8 Å². The summed E-state index contributed by atoms with van der Waals surface area (Å²) in [5, 5.41) is 2.98. The van der Waals surface area contributed by atoms with E-state index >= 15 is 0 Å². The Hall–Kier alpha value is -2.69. The fourth-order valence-electron chi connectivity index (χ4n) is 3.41. The van der Waals surface area contributed by atoms with Crippen molar-refractivity contribution in [3.63, 3.8) is 0 Å². The summed E-state index contributed by atoms with van der Waals surface area (Å²) in [6, 6.07) is 7.97. The molecule has 0 spiro atoms. The van der Waals surface area contributed by atoms with Crippen LogP contribution in [0.4, 0.5) is 5.69 Å². The van der Waals surface area contributed by atoms with Crippen molar-refractivity contribution in [1.29, 1.82) is 0 Å². The average Bonchev–Trinajstić information content (AvgIpc) is 2.61. The molecule has 1 amide bonds. The molecule has 5 heteroatoms. The van der Waals surface area contributed by atoms with E-state index in [1.54, 1.807) is 21.3 Å². The van der Waals surface area contributed by atoms with Crippen LogP contribution < -0.4 is 19.5 Å². The first-order valence-electron chi connectivity index (χ1n) is 8.20. The fourth-order valence-corrected chi connectivity index (χ4v) is 3.41. The largest absolute Gasteiger partial charge is 0.493 e. The third-order valence-corrected chi connectivity index (χ3v) is 4.81. The average molecular weight is 341 g/mol. The van der Waals surface area contributed by atoms with Gasteiger partial charge in [-0.25, -0.2) is 0 Å². The van der Waals surface area contributed by atoms with Gasteiger partial charge in [0, 0.05) is 23.6 Å². The lowest BCUT2D eigenvalue weighted by molar-refractivity contribution is -0.116. The number of rotatable bonds is 4. The van der Waals surface area contributed by atoms with Gasteiger partial charge in [0.15, 0.2) is 11.5 Å². The van der Waals surface area contributed by atoms with Gasteiger partial charge in [0.05, 0.1) is 21.3 Å². The molecule has 0 saturated heterocycles. The van der Waals surface area contributed by atoms with E-state index in [1.165, 1.54) is 5.56 Å². The second-order valence-electron chi connectivity index (χ2n) is 6.25. The number of carbonyl (C=O) groups is 1. The molecule has 1 N–H and O–H groups in total. The minimum atomic E-state index is -0.0993. The SMILES string of the molecule is COc1ccc([C@@H]2CC(=O)Nc3cc(C)c(C)cc32)c(OC)c1OC. The third kappa shape index (κ3) is 2.90. The Balaban J connectivity index is 2.21. The highest BCUT2D eigenvalue weighted by molar-refractivity contribution is 5.95. The zero-order valence-corrected chi connectivity index (χ0v) is 15.2. The van der Waals surface area contributed by atoms with Gasteiger partial charge in [-0.05, 0) is 42.7 Å². The summed E-state index contributed by atoms with van der Waals surface area (Å²) in [6.07, 6.45) is 0.362. The van der Waals surface area contributed by atoms with Crippen LogP contribution in [-0.4, -0.2) is 27.2 Å². The second-order valence-corrected chi connectivity index (χ2v) is 6.25. The molecule has 5 nitrogen and oxygen atoms in total. The molecule has 132 valence electrons. The predicted molar refractivity (Wildman–Crippen MR) is 97.1 cm³/mol. The van der Waals surface area contributed by atoms with Gasteiger partial charge in [0.25, 0.3) is 0 Å². The summed E-state index contributed by atoms with van der Waals surface area (Å²) in [4.78, 5) is 12.3. The Morgan fingerprint density at radius 2 is 1.60 bits per heavy atom. The zero-order valence-electron chi connectivity index (χ0n) is 15.2. The number of amides is 1. The van der Waals surface area contributed by atoms with Crippen molar-refractivity contribution in [3.8, 4) is 17.2 Å². The number of hydrogen-bond donors (Lipinski definition) is 1. The molecule has 0 radical (unpaired) electrons. The molecule has 2 aromatic carbocycles. The number of fused-ring (bicyclic) bond motifs is 1. The minimum absolute atomic E-state index is 0.00223. The third-order valence-electron chi connectivity index (χ3n) is 4.81. The molecule has 1 aliphatic heterocycles. The lowest BCUT2D eigenvalue weighted by atomic mass is 9.82. The zero-order chi connectivity index (χ0) is 18.1. The highest BCUT2D eigenvalue weighted by Gasteiger charge is 2.31. The number of methoxy groups -OCH3 is 3. The molecule has 1 atom stereocenters. The van der Waals surface area contributed by atoms with E-state index in [0.717, 1.165) is 22.4 Å². The highest BCUT2D eigenvalue weighted by Crippen LogP contribution is 2.47. The Morgan fingerprint density at radius 1 is 0.920 bits per heavy atom. The summed E-state index contributed by atoms with van der Waals surface area (Å²) < 4.78 is 16.5. The van der Waals surface area contributed by atoms with E-state index in [0.29, 0.717) is 23.7 Å². The smallest absolute Gasteiger partial charge is 0.225 e. The van der Waals surface area contributed by atoms with Crippen molar-refractivity contribution in [2.45, 2.75) is 26.2 Å². The van der Waals surface area contributed by atoms with Crippen LogP contribution in [0.2, 0.25) is 0 Å². The van der Waals surface area contributed by atoms with Crippen LogP contribution in [0.15, 0.2) is 24.3 Å². The van der Waals surface area contributed by atoms with Crippen LogP contribution in [-0.2, 0) is 4.79 Å². The van der Waals surface area contributed by atoms with Crippen molar-refractivity contribution in [1.82, 2.24) is 0 Å². The van der Waals surface area contributed by atoms with E-state index in [9.17, 15) is 4.79 Å². The summed E-state index contributed by atoms with van der Waals surface area (Å²) >= 11 is 0. The standard InChI is InChI=1S/C20H23NO4/c1-11-8-15-14(10-18(22)21-16(15)9-12(11)2)13-6-7-17(23-3)20(25-5)19(13)24-4/h6-9,14H,10H2,1-5H3,(H,21,22)/t14-/m0/s1. The number of benzene rings is 2. The second kappa shape index (κ2) is 6.67. The van der Waals surface area contributed by atoms with E-state index < -0.39 is 0 Å². The van der Waals surface area contributed by atoms with Gasteiger partial charge in [-0.2, -0.15) is 0 Å². The normalized spacial score (nSPS) is 16.0. The number of aryl methyl sites for hydroxylation is 2. The Bertz CT molecular complexity index is 829. The van der Waals surface area contributed by atoms with Gasteiger partial charge in [-0.15, -0.1) is 0 Å². The van der Waals surface area contributed by atoms with Crippen molar-refractivity contribution in [2.75, 3.05) is 26.6 Å². The van der Waals surface area contributed by atoms with E-state index in [2.05, 4.69) is 18.3 Å². The Kier molecular flexibility index (Phi) is 4.57. The quantitative estimate of drug-likeness (QED) is 0.919. The van der Waals surface area contributed by atoms with Gasteiger partial charge in [-0.1, -0.05) is 12.1 Å². The number of hydrogen-bond acceptors (Lipinski definition) is 4. The molecule has 0 saturated carbocycles. The van der Waals surface area contributed by atoms with Crippen molar-refractivity contribution >= 4 is 11.6 Å². The molecule has 0 aromatic heterocycles. The number of nitrogens with one attached hydrogen (secondary N) is 1. The molecular weight excluding hydrogens is 318 g/mol. The monoisotopic (exact) mass is 341 g/mol. The molecule has 0 unspecified atom stereocenters. The maximum atomic E-state index is 12.3. The maximum absolute atomic E-state index is 12.3. The van der Waals surface area contributed by atoms with Crippen LogP contribution in [0.25, 0.3) is 0 Å². The van der Waals surface area contributed by atoms with E-state index in [4.69, 9.17) is 14.2 Å². The summed E-state index contributed by atoms with van der Waals surface area (Å²) in [6.45, 7) is 4.12. The lowest BCUT2D eigenvalue weighted by Gasteiger charge is -2.29. The molecule has 3 rings (SSSR count). The van der Waals surface area contributed by atoms with Crippen LogP contribution in [0.5, 0.6) is 17.2 Å². The maximum Gasteiger partial charge on any atom is 0.225 e. The molecule has 0 bridgehead atoms. The minimum Gasteiger partial charge on any atom is -0.493 e. The van der Waals surface area contributed by atoms with Crippen LogP contribution in [0, 0.1) is 13.8 Å². The summed E-state index contributed by atoms with van der Waals surface area (Å²) in [5.41, 5.74) is 5.22. The summed E-state index contributed by atoms with van der Waals surface area (Å²) in [7, 11) is 4.77. The highest BCUT2D eigenvalue weighted by atomic mass is 16.5. The van der Waals surface area contributed by atoms with Crippen LogP contribution in [0.1, 0.15) is 34.6 Å². The number of anilines is 1. The van der Waals surface area contributed by atoms with Gasteiger partial charge >= 0.3 is 0 Å². The molecule has 1 heterocycles. The van der Waals surface area contributed by atoms with Crippen molar-refractivity contribution in [3.05, 3.63) is 46.5 Å². The summed E-state index contributed by atoms with van der Waals surface area (Å²) in [5.74, 6) is 1.64. The molecule has 1 aliphatic rings.